The Morgan fingerprint density at radius 1 is 1.67 bits per heavy atom. The van der Waals surface area contributed by atoms with Crippen LogP contribution >= 0.6 is 11.6 Å². The molecule has 1 aromatic rings. The van der Waals surface area contributed by atoms with Gasteiger partial charge in [-0.3, -0.25) is 10.1 Å². The molecule has 0 saturated heterocycles. The number of nitro benzene ring substituents is 1. The Bertz CT molecular complexity index is 438. The average molecular weight is 225 g/mol. The third kappa shape index (κ3) is 2.61. The molecule has 0 unspecified atom stereocenters. The van der Waals surface area contributed by atoms with Gasteiger partial charge in [0.2, 0.25) is 0 Å². The zero-order valence-electron chi connectivity index (χ0n) is 8.08. The van der Waals surface area contributed by atoms with Crippen LogP contribution in [0.1, 0.15) is 5.56 Å². The monoisotopic (exact) mass is 224 g/mol. The smallest absolute Gasteiger partial charge is 0.288 e. The van der Waals surface area contributed by atoms with E-state index in [0.717, 1.165) is 5.56 Å². The van der Waals surface area contributed by atoms with Crippen molar-refractivity contribution in [2.75, 3.05) is 11.9 Å². The van der Waals surface area contributed by atoms with Crippen LogP contribution in [0.2, 0.25) is 5.02 Å². The summed E-state index contributed by atoms with van der Waals surface area (Å²) in [6.07, 6.45) is 5.09. The van der Waals surface area contributed by atoms with Crippen molar-refractivity contribution in [3.63, 3.8) is 0 Å². The molecule has 0 amide bonds. The van der Waals surface area contributed by atoms with Gasteiger partial charge in [-0.05, 0) is 18.6 Å². The molecule has 1 rings (SSSR count). The molecule has 0 aliphatic carbocycles. The molecule has 1 aromatic carbocycles. The first kappa shape index (κ1) is 11.3. The molecule has 15 heavy (non-hydrogen) atoms. The van der Waals surface area contributed by atoms with Gasteiger partial charge in [-0.25, -0.2) is 0 Å². The third-order valence-electron chi connectivity index (χ3n) is 1.87. The fourth-order valence-corrected chi connectivity index (χ4v) is 1.38. The number of halogens is 1. The Morgan fingerprint density at radius 2 is 2.33 bits per heavy atom. The van der Waals surface area contributed by atoms with Crippen LogP contribution in [0.4, 0.5) is 11.4 Å². The average Bonchev–Trinajstić information content (AvgIpc) is 2.18. The number of hydrogen-bond donors (Lipinski definition) is 1. The van der Waals surface area contributed by atoms with Crippen LogP contribution < -0.4 is 5.32 Å². The summed E-state index contributed by atoms with van der Waals surface area (Å²) in [5.74, 6) is 2.41. The van der Waals surface area contributed by atoms with Crippen molar-refractivity contribution in [2.24, 2.45) is 0 Å². The van der Waals surface area contributed by atoms with E-state index in [1.54, 1.807) is 6.92 Å². The molecule has 4 nitrogen and oxygen atoms in total. The molecular formula is C10H9ClN2O2. The lowest BCUT2D eigenvalue weighted by atomic mass is 10.2. The quantitative estimate of drug-likeness (QED) is 0.488. The summed E-state index contributed by atoms with van der Waals surface area (Å²) in [4.78, 5) is 10.1. The van der Waals surface area contributed by atoms with Crippen molar-refractivity contribution in [2.45, 2.75) is 6.92 Å². The van der Waals surface area contributed by atoms with Crippen molar-refractivity contribution >= 4 is 23.0 Å². The van der Waals surface area contributed by atoms with E-state index in [4.69, 9.17) is 18.0 Å². The van der Waals surface area contributed by atoms with Gasteiger partial charge >= 0.3 is 0 Å². The first-order valence-corrected chi connectivity index (χ1v) is 4.56. The summed E-state index contributed by atoms with van der Waals surface area (Å²) in [6, 6.07) is 2.92. The van der Waals surface area contributed by atoms with Crippen LogP contribution in [0.25, 0.3) is 0 Å². The summed E-state index contributed by atoms with van der Waals surface area (Å²) >= 11 is 5.74. The van der Waals surface area contributed by atoms with Crippen LogP contribution in [0.5, 0.6) is 0 Å². The molecule has 0 saturated carbocycles. The highest BCUT2D eigenvalue weighted by molar-refractivity contribution is 6.33. The molecule has 78 valence electrons. The molecule has 0 spiro atoms. The Balaban J connectivity index is 3.09. The lowest BCUT2D eigenvalue weighted by Crippen LogP contribution is -2.01. The standard InChI is InChI=1S/C10H9ClN2O2/c1-3-4-12-9-6-8(11)10(13(14)15)5-7(9)2/h1,5-6,12H,4H2,2H3. The van der Waals surface area contributed by atoms with Gasteiger partial charge in [-0.15, -0.1) is 6.42 Å². The number of nitrogens with zero attached hydrogens (tertiary/aromatic N) is 1. The van der Waals surface area contributed by atoms with E-state index in [1.165, 1.54) is 12.1 Å². The fraction of sp³-hybridized carbons (Fsp3) is 0.200. The van der Waals surface area contributed by atoms with E-state index in [-0.39, 0.29) is 10.7 Å². The number of nitrogens with one attached hydrogen (secondary N) is 1. The van der Waals surface area contributed by atoms with Crippen molar-refractivity contribution in [1.82, 2.24) is 0 Å². The maximum atomic E-state index is 10.6. The fourth-order valence-electron chi connectivity index (χ4n) is 1.14. The number of terminal acetylenes is 1. The Kier molecular flexibility index (Phi) is 3.53. The largest absolute Gasteiger partial charge is 0.374 e. The first-order valence-electron chi connectivity index (χ1n) is 4.18. The molecule has 0 fully saturated rings. The second-order valence-electron chi connectivity index (χ2n) is 2.93. The Hall–Kier alpha value is -1.73. The SMILES string of the molecule is C#CCNc1cc(Cl)c([N+](=O)[O-])cc1C. The van der Waals surface area contributed by atoms with E-state index in [0.29, 0.717) is 12.2 Å². The van der Waals surface area contributed by atoms with Crippen molar-refractivity contribution in [3.8, 4) is 12.3 Å². The minimum Gasteiger partial charge on any atom is -0.374 e. The van der Waals surface area contributed by atoms with Crippen LogP contribution in [0.15, 0.2) is 12.1 Å². The first-order chi connectivity index (χ1) is 7.06. The normalized spacial score (nSPS) is 9.40. The molecule has 0 aromatic heterocycles. The van der Waals surface area contributed by atoms with Crippen LogP contribution in [0, 0.1) is 29.4 Å². The molecule has 0 atom stereocenters. The van der Waals surface area contributed by atoms with Crippen LogP contribution in [-0.4, -0.2) is 11.5 Å². The molecule has 0 heterocycles. The summed E-state index contributed by atoms with van der Waals surface area (Å²) in [7, 11) is 0. The number of hydrogen-bond acceptors (Lipinski definition) is 3. The summed E-state index contributed by atoms with van der Waals surface area (Å²) < 4.78 is 0. The highest BCUT2D eigenvalue weighted by atomic mass is 35.5. The van der Waals surface area contributed by atoms with Crippen LogP contribution in [-0.2, 0) is 0 Å². The molecule has 0 bridgehead atoms. The number of anilines is 1. The molecule has 0 aliphatic rings. The van der Waals surface area contributed by atoms with E-state index in [1.807, 2.05) is 0 Å². The number of rotatable bonds is 3. The third-order valence-corrected chi connectivity index (χ3v) is 2.17. The van der Waals surface area contributed by atoms with Crippen molar-refractivity contribution in [3.05, 3.63) is 32.8 Å². The number of nitro groups is 1. The topological polar surface area (TPSA) is 55.2 Å². The van der Waals surface area contributed by atoms with Gasteiger partial charge in [0, 0.05) is 11.8 Å². The number of aryl methyl sites for hydroxylation is 1. The highest BCUT2D eigenvalue weighted by Gasteiger charge is 2.14. The van der Waals surface area contributed by atoms with Crippen LogP contribution in [0.3, 0.4) is 0 Å². The maximum Gasteiger partial charge on any atom is 0.288 e. The predicted molar refractivity (Wildman–Crippen MR) is 60.2 cm³/mol. The van der Waals surface area contributed by atoms with Gasteiger partial charge in [0.05, 0.1) is 11.5 Å². The zero-order valence-corrected chi connectivity index (χ0v) is 8.84. The molecule has 1 N–H and O–H groups in total. The van der Waals surface area contributed by atoms with E-state index in [9.17, 15) is 10.1 Å². The lowest BCUT2D eigenvalue weighted by molar-refractivity contribution is -0.384. The van der Waals surface area contributed by atoms with E-state index < -0.39 is 4.92 Å². The van der Waals surface area contributed by atoms with Crippen molar-refractivity contribution in [1.29, 1.82) is 0 Å². The van der Waals surface area contributed by atoms with Gasteiger partial charge in [0.25, 0.3) is 5.69 Å². The number of benzene rings is 1. The second-order valence-corrected chi connectivity index (χ2v) is 3.34. The van der Waals surface area contributed by atoms with Gasteiger partial charge in [-0.1, -0.05) is 17.5 Å². The predicted octanol–water partition coefficient (Wildman–Crippen LogP) is 2.60. The maximum absolute atomic E-state index is 10.6. The summed E-state index contributed by atoms with van der Waals surface area (Å²) in [5, 5.41) is 13.6. The molecule has 0 radical (unpaired) electrons. The second kappa shape index (κ2) is 4.67. The zero-order chi connectivity index (χ0) is 11.4. The summed E-state index contributed by atoms with van der Waals surface area (Å²) in [6.45, 7) is 2.11. The van der Waals surface area contributed by atoms with Gasteiger partial charge < -0.3 is 5.32 Å². The molecular weight excluding hydrogens is 216 g/mol. The van der Waals surface area contributed by atoms with Gasteiger partial charge in [0.15, 0.2) is 0 Å². The van der Waals surface area contributed by atoms with Crippen molar-refractivity contribution < 1.29 is 4.92 Å². The lowest BCUT2D eigenvalue weighted by Gasteiger charge is -2.07. The van der Waals surface area contributed by atoms with E-state index in [2.05, 4.69) is 11.2 Å². The molecule has 0 aliphatic heterocycles. The Labute approximate surface area is 92.4 Å². The molecule has 5 heteroatoms. The summed E-state index contributed by atoms with van der Waals surface area (Å²) in [5.41, 5.74) is 1.35. The Morgan fingerprint density at radius 3 is 2.87 bits per heavy atom. The minimum atomic E-state index is -0.514. The van der Waals surface area contributed by atoms with Gasteiger partial charge in [0.1, 0.15) is 5.02 Å². The highest BCUT2D eigenvalue weighted by Crippen LogP contribution is 2.30. The van der Waals surface area contributed by atoms with E-state index >= 15 is 0 Å². The minimum absolute atomic E-state index is 0.0968. The van der Waals surface area contributed by atoms with Gasteiger partial charge in [-0.2, -0.15) is 0 Å².